The monoisotopic (exact) mass is 274 g/mol. The minimum absolute atomic E-state index is 0.136. The van der Waals surface area contributed by atoms with E-state index in [9.17, 15) is 9.00 Å². The molecule has 19 heavy (non-hydrogen) atoms. The average molecular weight is 274 g/mol. The van der Waals surface area contributed by atoms with Crippen LogP contribution in [0.5, 0.6) is 0 Å². The summed E-state index contributed by atoms with van der Waals surface area (Å²) in [6.07, 6.45) is 4.41. The maximum atomic E-state index is 12.4. The molecule has 2 aromatic rings. The van der Waals surface area contributed by atoms with Crippen LogP contribution in [0.3, 0.4) is 0 Å². The first kappa shape index (κ1) is 13.5. The van der Waals surface area contributed by atoms with Crippen LogP contribution >= 0.6 is 0 Å². The van der Waals surface area contributed by atoms with Crippen molar-refractivity contribution in [3.05, 3.63) is 60.1 Å². The van der Waals surface area contributed by atoms with Crippen molar-refractivity contribution in [2.24, 2.45) is 0 Å². The van der Waals surface area contributed by atoms with Gasteiger partial charge in [-0.05, 0) is 38.1 Å². The maximum Gasteiger partial charge on any atom is 0.221 e. The SMILES string of the molecule is C/C=C/C(=O)c1occc1[S@@](=O)c1ccc(C)cc1. The molecule has 1 aromatic carbocycles. The summed E-state index contributed by atoms with van der Waals surface area (Å²) >= 11 is 0. The summed E-state index contributed by atoms with van der Waals surface area (Å²) in [5.41, 5.74) is 1.10. The second-order valence-electron chi connectivity index (χ2n) is 4.06. The predicted octanol–water partition coefficient (Wildman–Crippen LogP) is 3.51. The zero-order chi connectivity index (χ0) is 13.8. The van der Waals surface area contributed by atoms with Gasteiger partial charge in [0.25, 0.3) is 0 Å². The van der Waals surface area contributed by atoms with Crippen LogP contribution in [0.1, 0.15) is 23.0 Å². The van der Waals surface area contributed by atoms with Crippen LogP contribution in [0.15, 0.2) is 63.0 Å². The van der Waals surface area contributed by atoms with Gasteiger partial charge in [-0.15, -0.1) is 0 Å². The molecule has 0 saturated heterocycles. The third-order valence-corrected chi connectivity index (χ3v) is 4.03. The summed E-state index contributed by atoms with van der Waals surface area (Å²) in [7, 11) is -1.41. The summed E-state index contributed by atoms with van der Waals surface area (Å²) in [6.45, 7) is 3.71. The van der Waals surface area contributed by atoms with Crippen LogP contribution in [-0.2, 0) is 10.8 Å². The van der Waals surface area contributed by atoms with Gasteiger partial charge in [0.2, 0.25) is 5.78 Å². The number of ketones is 1. The molecule has 0 N–H and O–H groups in total. The molecule has 98 valence electrons. The molecule has 0 aliphatic carbocycles. The first-order valence-corrected chi connectivity index (χ1v) is 7.01. The smallest absolute Gasteiger partial charge is 0.221 e. The highest BCUT2D eigenvalue weighted by atomic mass is 32.2. The molecule has 0 aliphatic heterocycles. The van der Waals surface area contributed by atoms with Gasteiger partial charge in [0.15, 0.2) is 5.76 Å². The van der Waals surface area contributed by atoms with E-state index in [1.54, 1.807) is 31.2 Å². The lowest BCUT2D eigenvalue weighted by molar-refractivity contribution is 0.101. The van der Waals surface area contributed by atoms with Gasteiger partial charge in [0.1, 0.15) is 0 Å². The van der Waals surface area contributed by atoms with Crippen molar-refractivity contribution < 1.29 is 13.4 Å². The number of carbonyl (C=O) groups is 1. The van der Waals surface area contributed by atoms with E-state index in [1.807, 2.05) is 19.1 Å². The van der Waals surface area contributed by atoms with Gasteiger partial charge < -0.3 is 4.42 Å². The summed E-state index contributed by atoms with van der Waals surface area (Å²) in [4.78, 5) is 12.9. The quantitative estimate of drug-likeness (QED) is 0.633. The first-order chi connectivity index (χ1) is 9.13. The van der Waals surface area contributed by atoms with Gasteiger partial charge in [-0.2, -0.15) is 0 Å². The first-order valence-electron chi connectivity index (χ1n) is 5.86. The second-order valence-corrected chi connectivity index (χ2v) is 5.51. The van der Waals surface area contributed by atoms with Crippen molar-refractivity contribution in [2.45, 2.75) is 23.6 Å². The number of hydrogen-bond acceptors (Lipinski definition) is 3. The molecule has 0 amide bonds. The Morgan fingerprint density at radius 1 is 1.21 bits per heavy atom. The Labute approximate surface area is 114 Å². The van der Waals surface area contributed by atoms with Gasteiger partial charge in [0.05, 0.1) is 22.0 Å². The number of aryl methyl sites for hydroxylation is 1. The third kappa shape index (κ3) is 2.90. The predicted molar refractivity (Wildman–Crippen MR) is 73.7 cm³/mol. The number of benzene rings is 1. The normalized spacial score (nSPS) is 12.7. The number of carbonyl (C=O) groups excluding carboxylic acids is 1. The van der Waals surface area contributed by atoms with Crippen LogP contribution in [0.2, 0.25) is 0 Å². The Hall–Kier alpha value is -1.94. The summed E-state index contributed by atoms with van der Waals surface area (Å²) in [6, 6.07) is 8.94. The van der Waals surface area contributed by atoms with E-state index in [4.69, 9.17) is 4.42 Å². The fourth-order valence-corrected chi connectivity index (χ4v) is 2.77. The minimum Gasteiger partial charge on any atom is -0.460 e. The molecule has 0 fully saturated rings. The largest absolute Gasteiger partial charge is 0.460 e. The molecule has 1 heterocycles. The highest BCUT2D eigenvalue weighted by Crippen LogP contribution is 2.22. The molecule has 0 spiro atoms. The van der Waals surface area contributed by atoms with Gasteiger partial charge in [-0.3, -0.25) is 4.79 Å². The molecule has 0 bridgehead atoms. The van der Waals surface area contributed by atoms with E-state index in [2.05, 4.69) is 0 Å². The van der Waals surface area contributed by atoms with Crippen LogP contribution in [-0.4, -0.2) is 9.99 Å². The lowest BCUT2D eigenvalue weighted by Gasteiger charge is -2.02. The molecule has 0 aliphatic rings. The van der Waals surface area contributed by atoms with E-state index in [-0.39, 0.29) is 11.5 Å². The molecule has 0 saturated carbocycles. The van der Waals surface area contributed by atoms with Crippen LogP contribution < -0.4 is 0 Å². The van der Waals surface area contributed by atoms with Crippen LogP contribution in [0.4, 0.5) is 0 Å². The Kier molecular flexibility index (Phi) is 4.12. The standard InChI is InChI=1S/C15H14O3S/c1-3-4-13(16)15-14(9-10-18-15)19(17)12-7-5-11(2)6-8-12/h3-10H,1-2H3/b4-3+/t19-/m0/s1. The fourth-order valence-electron chi connectivity index (χ4n) is 1.64. The Morgan fingerprint density at radius 3 is 2.53 bits per heavy atom. The van der Waals surface area contributed by atoms with Crippen LogP contribution in [0.25, 0.3) is 0 Å². The summed E-state index contributed by atoms with van der Waals surface area (Å²) < 4.78 is 17.6. The van der Waals surface area contributed by atoms with Gasteiger partial charge >= 0.3 is 0 Å². The third-order valence-electron chi connectivity index (χ3n) is 2.61. The molecule has 4 heteroatoms. The van der Waals surface area contributed by atoms with Gasteiger partial charge in [-0.25, -0.2) is 4.21 Å². The summed E-state index contributed by atoms with van der Waals surface area (Å²) in [5, 5.41) is 0. The van der Waals surface area contributed by atoms with Crippen molar-refractivity contribution in [3.8, 4) is 0 Å². The molecule has 1 atom stereocenters. The highest BCUT2D eigenvalue weighted by molar-refractivity contribution is 7.85. The molecule has 2 rings (SSSR count). The highest BCUT2D eigenvalue weighted by Gasteiger charge is 2.19. The molecule has 0 radical (unpaired) electrons. The van der Waals surface area contributed by atoms with Crippen molar-refractivity contribution in [1.82, 2.24) is 0 Å². The maximum absolute atomic E-state index is 12.4. The van der Waals surface area contributed by atoms with Crippen molar-refractivity contribution >= 4 is 16.6 Å². The van der Waals surface area contributed by atoms with Gasteiger partial charge in [0, 0.05) is 4.90 Å². The van der Waals surface area contributed by atoms with Crippen molar-refractivity contribution in [3.63, 3.8) is 0 Å². The number of furan rings is 1. The number of allylic oxidation sites excluding steroid dienone is 2. The van der Waals surface area contributed by atoms with E-state index < -0.39 is 10.8 Å². The van der Waals surface area contributed by atoms with Crippen molar-refractivity contribution in [2.75, 3.05) is 0 Å². The molecular formula is C15H14O3S. The topological polar surface area (TPSA) is 47.3 Å². The number of hydrogen-bond donors (Lipinski definition) is 0. The van der Waals surface area contributed by atoms with E-state index in [0.717, 1.165) is 5.56 Å². The summed E-state index contributed by atoms with van der Waals surface area (Å²) in [5.74, 6) is -0.139. The zero-order valence-corrected chi connectivity index (χ0v) is 11.6. The molecule has 0 unspecified atom stereocenters. The second kappa shape index (κ2) is 5.80. The number of rotatable bonds is 4. The lowest BCUT2D eigenvalue weighted by atomic mass is 10.2. The Morgan fingerprint density at radius 2 is 1.89 bits per heavy atom. The van der Waals surface area contributed by atoms with Gasteiger partial charge in [-0.1, -0.05) is 23.8 Å². The Balaban J connectivity index is 2.37. The molecule has 1 aromatic heterocycles. The molecular weight excluding hydrogens is 260 g/mol. The zero-order valence-electron chi connectivity index (χ0n) is 10.8. The fraction of sp³-hybridized carbons (Fsp3) is 0.133. The van der Waals surface area contributed by atoms with Crippen LogP contribution in [0, 0.1) is 6.92 Å². The average Bonchev–Trinajstić information content (AvgIpc) is 2.88. The van der Waals surface area contributed by atoms with Crippen molar-refractivity contribution in [1.29, 1.82) is 0 Å². The molecule has 3 nitrogen and oxygen atoms in total. The Bertz CT molecular complexity index is 636. The van der Waals surface area contributed by atoms with E-state index in [1.165, 1.54) is 12.3 Å². The van der Waals surface area contributed by atoms with E-state index >= 15 is 0 Å². The lowest BCUT2D eigenvalue weighted by Crippen LogP contribution is -2.00. The van der Waals surface area contributed by atoms with E-state index in [0.29, 0.717) is 9.79 Å². The minimum atomic E-state index is -1.41.